The highest BCUT2D eigenvalue weighted by atomic mass is 35.5. The van der Waals surface area contributed by atoms with Gasteiger partial charge in [0.1, 0.15) is 17.6 Å². The van der Waals surface area contributed by atoms with E-state index in [1.807, 2.05) is 23.8 Å². The van der Waals surface area contributed by atoms with Gasteiger partial charge in [-0.2, -0.15) is 0 Å². The summed E-state index contributed by atoms with van der Waals surface area (Å²) in [5.74, 6) is -0.716. The summed E-state index contributed by atoms with van der Waals surface area (Å²) >= 11 is 6.08. The van der Waals surface area contributed by atoms with Crippen molar-refractivity contribution in [3.8, 4) is 5.75 Å². The number of fused-ring (bicyclic) bond motifs is 1. The molecule has 1 amide bonds. The van der Waals surface area contributed by atoms with E-state index in [2.05, 4.69) is 4.98 Å². The molecule has 0 radical (unpaired) electrons. The molecule has 3 heterocycles. The van der Waals surface area contributed by atoms with E-state index in [1.54, 1.807) is 48.9 Å². The Kier molecular flexibility index (Phi) is 5.87. The fourth-order valence-corrected chi connectivity index (χ4v) is 4.80. The first kappa shape index (κ1) is 22.2. The van der Waals surface area contributed by atoms with Crippen LogP contribution in [0, 0.1) is 0 Å². The minimum Gasteiger partial charge on any atom is -0.507 e. The van der Waals surface area contributed by atoms with Crippen molar-refractivity contribution in [2.75, 3.05) is 6.54 Å². The lowest BCUT2D eigenvalue weighted by atomic mass is 9.94. The van der Waals surface area contributed by atoms with Crippen LogP contribution >= 0.6 is 11.6 Å². The van der Waals surface area contributed by atoms with Crippen LogP contribution in [-0.4, -0.2) is 43.9 Å². The van der Waals surface area contributed by atoms with Gasteiger partial charge >= 0.3 is 0 Å². The second-order valence-corrected chi connectivity index (χ2v) is 9.09. The molecule has 0 spiro atoms. The molecule has 8 heteroatoms. The summed E-state index contributed by atoms with van der Waals surface area (Å²) in [7, 11) is 0. The Morgan fingerprint density at radius 1 is 1.18 bits per heavy atom. The number of benzene rings is 2. The summed E-state index contributed by atoms with van der Waals surface area (Å²) in [6.45, 7) is 2.98. The van der Waals surface area contributed by atoms with E-state index in [-0.39, 0.29) is 17.4 Å². The molecule has 0 aliphatic carbocycles. The van der Waals surface area contributed by atoms with Crippen molar-refractivity contribution in [1.29, 1.82) is 0 Å². The Balaban J connectivity index is 1.52. The number of Topliss-reactive ketones (excluding diaryl/α,β-unsaturated/α-hetero) is 1. The number of aryl methyl sites for hydroxylation is 1. The Hall–Kier alpha value is -3.58. The Bertz CT molecular complexity index is 1270. The van der Waals surface area contributed by atoms with E-state index in [1.165, 1.54) is 4.90 Å². The topological polar surface area (TPSA) is 84.7 Å². The van der Waals surface area contributed by atoms with Gasteiger partial charge in [-0.25, -0.2) is 4.98 Å². The van der Waals surface area contributed by atoms with Crippen LogP contribution in [0.3, 0.4) is 0 Å². The smallest absolute Gasteiger partial charge is 0.295 e. The van der Waals surface area contributed by atoms with E-state index < -0.39 is 17.7 Å². The van der Waals surface area contributed by atoms with Crippen LogP contribution in [0.1, 0.15) is 36.1 Å². The molecule has 1 N–H and O–H groups in total. The van der Waals surface area contributed by atoms with Gasteiger partial charge in [-0.1, -0.05) is 23.7 Å². The molecule has 1 fully saturated rings. The zero-order valence-corrected chi connectivity index (χ0v) is 19.4. The molecule has 0 unspecified atom stereocenters. The number of hydrogen-bond donors (Lipinski definition) is 1. The second kappa shape index (κ2) is 8.99. The van der Waals surface area contributed by atoms with E-state index in [9.17, 15) is 14.7 Å². The van der Waals surface area contributed by atoms with Gasteiger partial charge in [-0.15, -0.1) is 0 Å². The van der Waals surface area contributed by atoms with Crippen molar-refractivity contribution in [2.45, 2.75) is 38.5 Å². The number of halogens is 1. The summed E-state index contributed by atoms with van der Waals surface area (Å²) in [5, 5.41) is 11.8. The van der Waals surface area contributed by atoms with Crippen LogP contribution in [0.25, 0.3) is 5.76 Å². The molecule has 34 heavy (non-hydrogen) atoms. The Labute approximate surface area is 202 Å². The van der Waals surface area contributed by atoms with E-state index in [0.29, 0.717) is 35.7 Å². The molecule has 2 atom stereocenters. The maximum atomic E-state index is 13.2. The monoisotopic (exact) mass is 477 g/mol. The summed E-state index contributed by atoms with van der Waals surface area (Å²) in [6.07, 6.45) is 6.67. The van der Waals surface area contributed by atoms with E-state index >= 15 is 0 Å². The summed E-state index contributed by atoms with van der Waals surface area (Å²) in [5.41, 5.74) is 2.26. The molecular formula is C26H24ClN3O4. The number of imidazole rings is 1. The van der Waals surface area contributed by atoms with Gasteiger partial charge in [0.05, 0.1) is 17.9 Å². The first-order chi connectivity index (χ1) is 16.4. The van der Waals surface area contributed by atoms with Gasteiger partial charge in [0.15, 0.2) is 0 Å². The first-order valence-electron chi connectivity index (χ1n) is 11.2. The van der Waals surface area contributed by atoms with Crippen molar-refractivity contribution in [1.82, 2.24) is 14.5 Å². The highest BCUT2D eigenvalue weighted by Gasteiger charge is 2.45. The molecule has 2 aromatic carbocycles. The number of carbonyl (C=O) groups excluding carboxylic acids is 2. The quantitative estimate of drug-likeness (QED) is 0.324. The van der Waals surface area contributed by atoms with Gasteiger partial charge in [0.25, 0.3) is 11.7 Å². The van der Waals surface area contributed by atoms with Gasteiger partial charge in [-0.3, -0.25) is 9.59 Å². The van der Waals surface area contributed by atoms with Crippen LogP contribution in [0.4, 0.5) is 0 Å². The second-order valence-electron chi connectivity index (χ2n) is 8.65. The van der Waals surface area contributed by atoms with Crippen LogP contribution in [0.15, 0.2) is 66.8 Å². The third kappa shape index (κ3) is 4.07. The minimum atomic E-state index is -0.705. The third-order valence-corrected chi connectivity index (χ3v) is 6.52. The number of aromatic nitrogens is 2. The number of rotatable bonds is 6. The summed E-state index contributed by atoms with van der Waals surface area (Å²) in [6, 6.07) is 11.7. The zero-order valence-electron chi connectivity index (χ0n) is 18.6. The predicted molar refractivity (Wildman–Crippen MR) is 128 cm³/mol. The molecule has 5 rings (SSSR count). The van der Waals surface area contributed by atoms with Gasteiger partial charge in [0, 0.05) is 42.5 Å². The van der Waals surface area contributed by atoms with Crippen molar-refractivity contribution in [3.05, 3.63) is 88.5 Å². The number of ether oxygens (including phenoxy) is 1. The average Bonchev–Trinajstić information content (AvgIpc) is 3.53. The predicted octanol–water partition coefficient (Wildman–Crippen LogP) is 4.37. The number of carbonyl (C=O) groups is 2. The summed E-state index contributed by atoms with van der Waals surface area (Å²) < 4.78 is 7.67. The van der Waals surface area contributed by atoms with Crippen molar-refractivity contribution in [2.24, 2.45) is 0 Å². The standard InChI is InChI=1S/C26H24ClN3O4/c1-16-13-19-14-18(5-8-21(19)34-16)24(31)22-23(17-3-6-20(27)7-4-17)30(26(33)25(22)32)11-2-10-29-12-9-28-15-29/h3-9,12,14-16,23,31H,2,10-11,13H2,1H3/b24-22+/t16-,23-/m1/s1. The molecule has 2 aliphatic heterocycles. The van der Waals surface area contributed by atoms with Crippen molar-refractivity contribution in [3.63, 3.8) is 0 Å². The molecular weight excluding hydrogens is 454 g/mol. The number of aliphatic hydroxyl groups excluding tert-OH is 1. The SMILES string of the molecule is C[C@@H]1Cc2cc(/C(O)=C3\C(=O)C(=O)N(CCCn4ccnc4)[C@@H]3c3ccc(Cl)cc3)ccc2O1. The highest BCUT2D eigenvalue weighted by Crippen LogP contribution is 2.41. The highest BCUT2D eigenvalue weighted by molar-refractivity contribution is 6.46. The molecule has 3 aromatic rings. The number of aliphatic hydroxyl groups is 1. The van der Waals surface area contributed by atoms with Crippen LogP contribution < -0.4 is 4.74 Å². The molecule has 1 saturated heterocycles. The number of likely N-dealkylation sites (tertiary alicyclic amines) is 1. The van der Waals surface area contributed by atoms with Crippen molar-refractivity contribution < 1.29 is 19.4 Å². The van der Waals surface area contributed by atoms with Crippen LogP contribution in [0.2, 0.25) is 5.02 Å². The largest absolute Gasteiger partial charge is 0.507 e. The third-order valence-electron chi connectivity index (χ3n) is 6.27. The maximum Gasteiger partial charge on any atom is 0.295 e. The number of ketones is 1. The van der Waals surface area contributed by atoms with Gasteiger partial charge in [-0.05, 0) is 54.8 Å². The van der Waals surface area contributed by atoms with Crippen LogP contribution in [-0.2, 0) is 22.6 Å². The van der Waals surface area contributed by atoms with Crippen molar-refractivity contribution >= 4 is 29.1 Å². The molecule has 0 bridgehead atoms. The lowest BCUT2D eigenvalue weighted by molar-refractivity contribution is -0.139. The molecule has 174 valence electrons. The fourth-order valence-electron chi connectivity index (χ4n) is 4.67. The average molecular weight is 478 g/mol. The maximum absolute atomic E-state index is 13.2. The lowest BCUT2D eigenvalue weighted by Crippen LogP contribution is -2.31. The van der Waals surface area contributed by atoms with Crippen LogP contribution in [0.5, 0.6) is 5.75 Å². The van der Waals surface area contributed by atoms with Gasteiger partial charge < -0.3 is 19.3 Å². The number of nitrogens with zero attached hydrogens (tertiary/aromatic N) is 3. The van der Waals surface area contributed by atoms with E-state index in [0.717, 1.165) is 17.7 Å². The van der Waals surface area contributed by atoms with E-state index in [4.69, 9.17) is 16.3 Å². The normalized spacial score (nSPS) is 21.1. The molecule has 7 nitrogen and oxygen atoms in total. The minimum absolute atomic E-state index is 0.0579. The number of hydrogen-bond acceptors (Lipinski definition) is 5. The molecule has 2 aliphatic rings. The zero-order chi connectivity index (χ0) is 23.8. The summed E-state index contributed by atoms with van der Waals surface area (Å²) in [4.78, 5) is 31.8. The molecule has 0 saturated carbocycles. The first-order valence-corrected chi connectivity index (χ1v) is 11.6. The Morgan fingerprint density at radius 3 is 2.71 bits per heavy atom. The Morgan fingerprint density at radius 2 is 1.97 bits per heavy atom. The fraction of sp³-hybridized carbons (Fsp3) is 0.269. The lowest BCUT2D eigenvalue weighted by Gasteiger charge is -2.25. The molecule has 1 aromatic heterocycles. The van der Waals surface area contributed by atoms with Gasteiger partial charge in [0.2, 0.25) is 0 Å². The number of amides is 1.